The Morgan fingerprint density at radius 3 is 2.70 bits per heavy atom. The second-order valence-electron chi connectivity index (χ2n) is 8.08. The van der Waals surface area contributed by atoms with Gasteiger partial charge in [-0.3, -0.25) is 9.69 Å². The van der Waals surface area contributed by atoms with Gasteiger partial charge in [-0.1, -0.05) is 23.7 Å². The number of amides is 1. The zero-order chi connectivity index (χ0) is 23.6. The molecular weight excluding hydrogens is 456 g/mol. The number of pyridine rings is 1. The third-order valence-electron chi connectivity index (χ3n) is 5.73. The van der Waals surface area contributed by atoms with Crippen molar-refractivity contribution in [2.24, 2.45) is 10.7 Å². The first-order chi connectivity index (χ1) is 15.8. The van der Waals surface area contributed by atoms with Crippen LogP contribution in [0.3, 0.4) is 0 Å². The smallest absolute Gasteiger partial charge is 0.388 e. The minimum absolute atomic E-state index is 0.0208. The standard InChI is InChI=1S/C22H24ClF2N5O3/c1-22(11-18(31)30(21(26)29-22)14-7-9-32-10-8-14)15-3-2-4-16(19(15)23)28-13-5-6-17(27-12-13)33-20(24)25/h2-6,12,14,20,28H,7-11H2,1H3,(H2,26,29)/t22-/m0/s1. The third kappa shape index (κ3) is 5.01. The molecular formula is C22H24ClF2N5O3. The first-order valence-corrected chi connectivity index (χ1v) is 10.9. The minimum atomic E-state index is -2.95. The molecule has 1 saturated heterocycles. The van der Waals surface area contributed by atoms with Gasteiger partial charge in [0.1, 0.15) is 0 Å². The number of nitrogens with one attached hydrogen (secondary N) is 1. The lowest BCUT2D eigenvalue weighted by atomic mass is 9.86. The van der Waals surface area contributed by atoms with Gasteiger partial charge >= 0.3 is 6.61 Å². The van der Waals surface area contributed by atoms with E-state index in [-0.39, 0.29) is 30.2 Å². The van der Waals surface area contributed by atoms with Crippen molar-refractivity contribution in [1.82, 2.24) is 9.88 Å². The van der Waals surface area contributed by atoms with E-state index < -0.39 is 12.2 Å². The van der Waals surface area contributed by atoms with E-state index in [9.17, 15) is 13.6 Å². The Morgan fingerprint density at radius 2 is 2.06 bits per heavy atom. The van der Waals surface area contributed by atoms with Crippen LogP contribution in [0, 0.1) is 0 Å². The molecule has 4 rings (SSSR count). The summed E-state index contributed by atoms with van der Waals surface area (Å²) in [6, 6.07) is 8.19. The fraction of sp³-hybridized carbons (Fsp3) is 0.409. The van der Waals surface area contributed by atoms with E-state index in [1.165, 1.54) is 12.3 Å². The van der Waals surface area contributed by atoms with Gasteiger partial charge < -0.3 is 20.5 Å². The molecule has 0 bridgehead atoms. The van der Waals surface area contributed by atoms with Gasteiger partial charge in [0.05, 0.1) is 34.6 Å². The fourth-order valence-corrected chi connectivity index (χ4v) is 4.54. The van der Waals surface area contributed by atoms with Gasteiger partial charge in [-0.2, -0.15) is 8.78 Å². The highest BCUT2D eigenvalue weighted by Crippen LogP contribution is 2.41. The van der Waals surface area contributed by atoms with E-state index in [1.807, 2.05) is 6.92 Å². The highest BCUT2D eigenvalue weighted by atomic mass is 35.5. The van der Waals surface area contributed by atoms with Crippen molar-refractivity contribution in [2.75, 3.05) is 18.5 Å². The number of benzene rings is 1. The summed E-state index contributed by atoms with van der Waals surface area (Å²) in [6.45, 7) is 0.0460. The zero-order valence-corrected chi connectivity index (χ0v) is 18.7. The van der Waals surface area contributed by atoms with Crippen molar-refractivity contribution in [3.8, 4) is 5.88 Å². The lowest BCUT2D eigenvalue weighted by molar-refractivity contribution is -0.132. The number of nitrogens with two attached hydrogens (primary N) is 1. The number of hydrogen-bond donors (Lipinski definition) is 2. The molecule has 1 fully saturated rings. The molecule has 2 aliphatic rings. The number of aliphatic imine (C=N–C) groups is 1. The average molecular weight is 480 g/mol. The summed E-state index contributed by atoms with van der Waals surface area (Å²) in [6.07, 6.45) is 2.91. The number of halogens is 3. The lowest BCUT2D eigenvalue weighted by Gasteiger charge is -2.40. The first kappa shape index (κ1) is 23.2. The van der Waals surface area contributed by atoms with E-state index in [0.717, 1.165) is 0 Å². The molecule has 1 atom stereocenters. The Balaban J connectivity index is 1.57. The van der Waals surface area contributed by atoms with Crippen LogP contribution in [-0.4, -0.2) is 47.6 Å². The summed E-state index contributed by atoms with van der Waals surface area (Å²) in [5, 5.41) is 3.48. The molecule has 0 radical (unpaired) electrons. The Bertz CT molecular complexity index is 1050. The summed E-state index contributed by atoms with van der Waals surface area (Å²) < 4.78 is 34.3. The SMILES string of the molecule is C[C@@]1(c2cccc(Nc3ccc(OC(F)F)nc3)c2Cl)CC(=O)N(C2CCOCC2)C(N)=N1. The first-order valence-electron chi connectivity index (χ1n) is 10.5. The molecule has 8 nitrogen and oxygen atoms in total. The topological polar surface area (TPSA) is 102 Å². The van der Waals surface area contributed by atoms with Gasteiger partial charge in [-0.15, -0.1) is 0 Å². The highest BCUT2D eigenvalue weighted by Gasteiger charge is 2.41. The van der Waals surface area contributed by atoms with Crippen molar-refractivity contribution in [1.29, 1.82) is 0 Å². The maximum atomic E-state index is 13.1. The lowest BCUT2D eigenvalue weighted by Crippen LogP contribution is -2.55. The van der Waals surface area contributed by atoms with Crippen LogP contribution in [0.1, 0.15) is 31.7 Å². The number of carbonyl (C=O) groups is 1. The van der Waals surface area contributed by atoms with Crippen molar-refractivity contribution in [3.63, 3.8) is 0 Å². The van der Waals surface area contributed by atoms with Gasteiger partial charge in [0.25, 0.3) is 0 Å². The maximum absolute atomic E-state index is 13.1. The second-order valence-corrected chi connectivity index (χ2v) is 8.46. The Labute approximate surface area is 194 Å². The van der Waals surface area contributed by atoms with E-state index in [0.29, 0.717) is 48.0 Å². The largest absolute Gasteiger partial charge is 0.417 e. The number of guanidine groups is 1. The summed E-state index contributed by atoms with van der Waals surface area (Å²) in [5.41, 5.74) is 7.03. The molecule has 1 amide bonds. The van der Waals surface area contributed by atoms with E-state index in [4.69, 9.17) is 22.1 Å². The molecule has 0 unspecified atom stereocenters. The number of hydrogen-bond acceptors (Lipinski definition) is 7. The van der Waals surface area contributed by atoms with Crippen LogP contribution in [0.2, 0.25) is 5.02 Å². The number of nitrogens with zero attached hydrogens (tertiary/aromatic N) is 3. The Hall–Kier alpha value is -2.98. The molecule has 11 heteroatoms. The Kier molecular flexibility index (Phi) is 6.66. The molecule has 0 saturated carbocycles. The molecule has 33 heavy (non-hydrogen) atoms. The molecule has 0 spiro atoms. The number of anilines is 2. The summed E-state index contributed by atoms with van der Waals surface area (Å²) in [5.74, 6) is -0.124. The Morgan fingerprint density at radius 1 is 1.30 bits per heavy atom. The van der Waals surface area contributed by atoms with E-state index in [2.05, 4.69) is 20.0 Å². The summed E-state index contributed by atoms with van der Waals surface area (Å²) >= 11 is 6.70. The van der Waals surface area contributed by atoms with Crippen LogP contribution in [0.4, 0.5) is 20.2 Å². The van der Waals surface area contributed by atoms with Crippen LogP contribution < -0.4 is 15.8 Å². The van der Waals surface area contributed by atoms with Crippen LogP contribution in [-0.2, 0) is 15.1 Å². The van der Waals surface area contributed by atoms with Gasteiger partial charge in [0, 0.05) is 30.9 Å². The molecule has 3 N–H and O–H groups in total. The highest BCUT2D eigenvalue weighted by molar-refractivity contribution is 6.34. The number of rotatable bonds is 6. The van der Waals surface area contributed by atoms with Crippen molar-refractivity contribution in [2.45, 2.75) is 44.4 Å². The van der Waals surface area contributed by atoms with Crippen molar-refractivity contribution in [3.05, 3.63) is 47.1 Å². The monoisotopic (exact) mass is 479 g/mol. The summed E-state index contributed by atoms with van der Waals surface area (Å²) in [7, 11) is 0. The predicted molar refractivity (Wildman–Crippen MR) is 120 cm³/mol. The van der Waals surface area contributed by atoms with E-state index in [1.54, 1.807) is 29.2 Å². The van der Waals surface area contributed by atoms with Crippen molar-refractivity contribution >= 4 is 34.8 Å². The number of ether oxygens (including phenoxy) is 2. The van der Waals surface area contributed by atoms with Crippen LogP contribution in [0.15, 0.2) is 41.5 Å². The van der Waals surface area contributed by atoms with E-state index >= 15 is 0 Å². The predicted octanol–water partition coefficient (Wildman–Crippen LogP) is 4.02. The maximum Gasteiger partial charge on any atom is 0.388 e. The molecule has 176 valence electrons. The van der Waals surface area contributed by atoms with Crippen molar-refractivity contribution < 1.29 is 23.0 Å². The summed E-state index contributed by atoms with van der Waals surface area (Å²) in [4.78, 5) is 23.2. The van der Waals surface area contributed by atoms with Crippen LogP contribution in [0.5, 0.6) is 5.88 Å². The molecule has 3 heterocycles. The molecule has 2 aliphatic heterocycles. The number of aromatic nitrogens is 1. The van der Waals surface area contributed by atoms with Gasteiger partial charge in [0.2, 0.25) is 11.8 Å². The third-order valence-corrected chi connectivity index (χ3v) is 6.14. The van der Waals surface area contributed by atoms with Gasteiger partial charge in [0.15, 0.2) is 5.96 Å². The second kappa shape index (κ2) is 9.48. The number of carbonyl (C=O) groups excluding carboxylic acids is 1. The molecule has 1 aromatic heterocycles. The average Bonchev–Trinajstić information content (AvgIpc) is 2.76. The van der Waals surface area contributed by atoms with Crippen LogP contribution >= 0.6 is 11.6 Å². The quantitative estimate of drug-likeness (QED) is 0.648. The molecule has 1 aromatic carbocycles. The minimum Gasteiger partial charge on any atom is -0.417 e. The van der Waals surface area contributed by atoms with Gasteiger partial charge in [-0.05, 0) is 31.9 Å². The number of alkyl halides is 2. The molecule has 0 aliphatic carbocycles. The van der Waals surface area contributed by atoms with Gasteiger partial charge in [-0.25, -0.2) is 9.98 Å². The normalized spacial score (nSPS) is 21.8. The van der Waals surface area contributed by atoms with Crippen LogP contribution in [0.25, 0.3) is 0 Å². The molecule has 2 aromatic rings. The zero-order valence-electron chi connectivity index (χ0n) is 17.9. The fourth-order valence-electron chi connectivity index (χ4n) is 4.16.